The first-order valence-corrected chi connectivity index (χ1v) is 9.01. The van der Waals surface area contributed by atoms with Crippen LogP contribution in [0.25, 0.3) is 0 Å². The topological polar surface area (TPSA) is 17.1 Å². The lowest BCUT2D eigenvalue weighted by molar-refractivity contribution is -0.109. The molecule has 2 rings (SSSR count). The maximum Gasteiger partial charge on any atom is 0.186 e. The monoisotopic (exact) mass is 284 g/mol. The summed E-state index contributed by atoms with van der Waals surface area (Å²) in [6.07, 6.45) is 0. The average Bonchev–Trinajstić information content (AvgIpc) is 2.60. The Labute approximate surface area is 106 Å². The molecule has 2 aliphatic rings. The van der Waals surface area contributed by atoms with E-state index in [0.717, 1.165) is 11.0 Å². The Morgan fingerprint density at radius 2 is 2.07 bits per heavy atom. The van der Waals surface area contributed by atoms with E-state index in [4.69, 9.17) is 0 Å². The highest BCUT2D eigenvalue weighted by Crippen LogP contribution is 2.68. The Balaban J connectivity index is 1.91. The molecule has 2 saturated heterocycles. The summed E-state index contributed by atoms with van der Waals surface area (Å²) in [6, 6.07) is 0. The highest BCUT2D eigenvalue weighted by Gasteiger charge is 2.47. The lowest BCUT2D eigenvalue weighted by Crippen LogP contribution is -2.02. The van der Waals surface area contributed by atoms with Crippen molar-refractivity contribution in [1.82, 2.24) is 0 Å². The molecule has 0 aromatic carbocycles. The van der Waals surface area contributed by atoms with Gasteiger partial charge in [0.25, 0.3) is 0 Å². The van der Waals surface area contributed by atoms with E-state index < -0.39 is 0 Å². The van der Waals surface area contributed by atoms with E-state index in [1.165, 1.54) is 17.5 Å². The molecular weight excluding hydrogens is 272 g/mol. The van der Waals surface area contributed by atoms with Crippen LogP contribution < -0.4 is 0 Å². The minimum Gasteiger partial charge on any atom is -0.288 e. The molecule has 0 aliphatic carbocycles. The first-order valence-electron chi connectivity index (χ1n) is 4.40. The van der Waals surface area contributed by atoms with Crippen molar-refractivity contribution in [3.8, 4) is 0 Å². The average molecular weight is 285 g/mol. The highest BCUT2D eigenvalue weighted by atomic mass is 32.3. The van der Waals surface area contributed by atoms with E-state index in [-0.39, 0.29) is 5.12 Å². The van der Waals surface area contributed by atoms with E-state index in [1.54, 1.807) is 6.92 Å². The van der Waals surface area contributed by atoms with Gasteiger partial charge < -0.3 is 0 Å². The molecule has 0 amide bonds. The Kier molecular flexibility index (Phi) is 4.02. The molecule has 3 atom stereocenters. The minimum absolute atomic E-state index is 0.251. The second-order valence-corrected chi connectivity index (χ2v) is 12.0. The maximum absolute atomic E-state index is 11.0. The van der Waals surface area contributed by atoms with Gasteiger partial charge in [0.15, 0.2) is 7.86 Å². The fourth-order valence-corrected chi connectivity index (χ4v) is 11.7. The van der Waals surface area contributed by atoms with Crippen LogP contribution in [0.3, 0.4) is 0 Å². The molecule has 0 aromatic rings. The standard InChI is InChI=1S/C8H12OS5/c1-5-3-10-8(13-5)11-4-7(14-8)12-6(2)9/h5,7H,3-4H2,1-2H3/t5-,7+,8+/m0/s1. The van der Waals surface area contributed by atoms with Crippen molar-refractivity contribution in [2.45, 2.75) is 26.4 Å². The normalized spacial score (nSPS) is 42.1. The Morgan fingerprint density at radius 3 is 2.64 bits per heavy atom. The van der Waals surface area contributed by atoms with Gasteiger partial charge in [0.1, 0.15) is 0 Å². The Bertz CT molecular complexity index is 246. The third-order valence-electron chi connectivity index (χ3n) is 1.81. The van der Waals surface area contributed by atoms with Crippen molar-refractivity contribution in [1.29, 1.82) is 0 Å². The van der Waals surface area contributed by atoms with Gasteiger partial charge in [-0.25, -0.2) is 0 Å². The van der Waals surface area contributed by atoms with Gasteiger partial charge in [0, 0.05) is 23.7 Å². The van der Waals surface area contributed by atoms with Crippen LogP contribution in [-0.4, -0.2) is 29.2 Å². The van der Waals surface area contributed by atoms with Crippen LogP contribution in [0.1, 0.15) is 13.8 Å². The first kappa shape index (κ1) is 11.9. The molecule has 2 fully saturated rings. The van der Waals surface area contributed by atoms with Crippen LogP contribution in [0.4, 0.5) is 0 Å². The third-order valence-corrected chi connectivity index (χ3v) is 11.1. The molecular formula is C8H12OS5. The summed E-state index contributed by atoms with van der Waals surface area (Å²) in [5.41, 5.74) is 0. The fraction of sp³-hybridized carbons (Fsp3) is 0.875. The van der Waals surface area contributed by atoms with Gasteiger partial charge >= 0.3 is 0 Å². The molecule has 14 heavy (non-hydrogen) atoms. The zero-order valence-corrected chi connectivity index (χ0v) is 12.1. The lowest BCUT2D eigenvalue weighted by Gasteiger charge is -2.19. The van der Waals surface area contributed by atoms with Crippen LogP contribution in [0.2, 0.25) is 0 Å². The molecule has 2 heterocycles. The molecule has 0 bridgehead atoms. The summed E-state index contributed by atoms with van der Waals surface area (Å²) in [4.78, 5) is 11.0. The predicted octanol–water partition coefficient (Wildman–Crippen LogP) is 3.55. The highest BCUT2D eigenvalue weighted by molar-refractivity contribution is 8.52. The maximum atomic E-state index is 11.0. The van der Waals surface area contributed by atoms with Crippen molar-refractivity contribution >= 4 is 63.9 Å². The van der Waals surface area contributed by atoms with E-state index in [2.05, 4.69) is 30.4 Å². The van der Waals surface area contributed by atoms with Gasteiger partial charge in [-0.15, -0.1) is 47.0 Å². The van der Waals surface area contributed by atoms with Crippen LogP contribution in [0.15, 0.2) is 0 Å². The van der Waals surface area contributed by atoms with Gasteiger partial charge in [-0.05, 0) is 0 Å². The fourth-order valence-electron chi connectivity index (χ4n) is 1.31. The van der Waals surface area contributed by atoms with Crippen molar-refractivity contribution in [2.24, 2.45) is 0 Å². The molecule has 1 spiro atoms. The number of hydrogen-bond donors (Lipinski definition) is 0. The lowest BCUT2D eigenvalue weighted by atomic mass is 10.6. The molecule has 0 saturated carbocycles. The number of hydrogen-bond acceptors (Lipinski definition) is 6. The molecule has 6 heteroatoms. The Morgan fingerprint density at radius 1 is 1.36 bits per heavy atom. The van der Waals surface area contributed by atoms with Crippen molar-refractivity contribution in [2.75, 3.05) is 11.5 Å². The van der Waals surface area contributed by atoms with Gasteiger partial charge in [-0.2, -0.15) is 0 Å². The quantitative estimate of drug-likeness (QED) is 0.727. The summed E-state index contributed by atoms with van der Waals surface area (Å²) in [5.74, 6) is 2.36. The van der Waals surface area contributed by atoms with Crippen LogP contribution in [0, 0.1) is 0 Å². The van der Waals surface area contributed by atoms with E-state index in [1.807, 2.05) is 23.5 Å². The van der Waals surface area contributed by atoms with E-state index in [0.29, 0.717) is 7.33 Å². The minimum atomic E-state index is 0.251. The Hall–Kier alpha value is 1.42. The largest absolute Gasteiger partial charge is 0.288 e. The SMILES string of the molecule is CC(=O)S[C@H]1CS[C@@]2(SC[C@H](C)S2)S1. The number of rotatable bonds is 1. The molecule has 0 N–H and O–H groups in total. The predicted molar refractivity (Wildman–Crippen MR) is 74.4 cm³/mol. The molecule has 2 aliphatic heterocycles. The van der Waals surface area contributed by atoms with Crippen molar-refractivity contribution in [3.63, 3.8) is 0 Å². The van der Waals surface area contributed by atoms with Crippen molar-refractivity contribution in [3.05, 3.63) is 0 Å². The van der Waals surface area contributed by atoms with Crippen LogP contribution in [0.5, 0.6) is 0 Å². The number of thioether (sulfide) groups is 5. The molecule has 1 nitrogen and oxygen atoms in total. The molecule has 0 aromatic heterocycles. The second-order valence-electron chi connectivity index (χ2n) is 3.21. The molecule has 80 valence electrons. The second kappa shape index (κ2) is 4.73. The van der Waals surface area contributed by atoms with Gasteiger partial charge in [-0.1, -0.05) is 18.7 Å². The zero-order chi connectivity index (χ0) is 10.2. The van der Waals surface area contributed by atoms with Gasteiger partial charge in [-0.3, -0.25) is 4.79 Å². The van der Waals surface area contributed by atoms with E-state index >= 15 is 0 Å². The first-order chi connectivity index (χ1) is 6.60. The number of carbonyl (C=O) groups is 1. The summed E-state index contributed by atoms with van der Waals surface area (Å²) in [6.45, 7) is 3.96. The summed E-state index contributed by atoms with van der Waals surface area (Å²) in [5, 5.41) is 1.02. The molecule has 0 radical (unpaired) electrons. The van der Waals surface area contributed by atoms with Gasteiger partial charge in [0.2, 0.25) is 0 Å². The van der Waals surface area contributed by atoms with E-state index in [9.17, 15) is 4.79 Å². The van der Waals surface area contributed by atoms with Crippen LogP contribution >= 0.6 is 58.8 Å². The van der Waals surface area contributed by atoms with Gasteiger partial charge in [0.05, 0.1) is 4.58 Å². The smallest absolute Gasteiger partial charge is 0.186 e. The third kappa shape index (κ3) is 2.75. The van der Waals surface area contributed by atoms with Crippen LogP contribution in [-0.2, 0) is 4.79 Å². The summed E-state index contributed by atoms with van der Waals surface area (Å²) >= 11 is 9.63. The zero-order valence-electron chi connectivity index (χ0n) is 8.02. The number of carbonyl (C=O) groups excluding carboxylic acids is 1. The summed E-state index contributed by atoms with van der Waals surface area (Å²) in [7, 11) is 0. The summed E-state index contributed by atoms with van der Waals surface area (Å²) < 4.78 is 0.787. The molecule has 0 unspecified atom stereocenters. The van der Waals surface area contributed by atoms with Crippen molar-refractivity contribution < 1.29 is 4.79 Å².